The minimum Gasteiger partial charge on any atom is -0.497 e. The third-order valence-corrected chi connectivity index (χ3v) is 4.33. The number of carbonyl (C=O) groups excluding carboxylic acids is 1. The SMILES string of the molecule is CCc1nc(SC(C)C(=O)NCCc2ccc(OC)cc2)n[nH]1. The van der Waals surface area contributed by atoms with Crippen LogP contribution in [0.3, 0.4) is 0 Å². The molecule has 23 heavy (non-hydrogen) atoms. The van der Waals surface area contributed by atoms with E-state index in [1.807, 2.05) is 38.1 Å². The van der Waals surface area contributed by atoms with E-state index in [-0.39, 0.29) is 11.2 Å². The number of nitrogens with one attached hydrogen (secondary N) is 2. The van der Waals surface area contributed by atoms with Gasteiger partial charge in [0.25, 0.3) is 0 Å². The molecule has 0 bridgehead atoms. The number of hydrogen-bond acceptors (Lipinski definition) is 5. The summed E-state index contributed by atoms with van der Waals surface area (Å²) in [4.78, 5) is 16.4. The molecule has 0 aliphatic rings. The van der Waals surface area contributed by atoms with Crippen molar-refractivity contribution < 1.29 is 9.53 Å². The van der Waals surface area contributed by atoms with Crippen LogP contribution in [-0.2, 0) is 17.6 Å². The van der Waals surface area contributed by atoms with Gasteiger partial charge in [0.05, 0.1) is 12.4 Å². The number of aryl methyl sites for hydroxylation is 1. The molecule has 2 aromatic rings. The molecule has 0 aliphatic carbocycles. The number of aromatic amines is 1. The van der Waals surface area contributed by atoms with Crippen molar-refractivity contribution in [3.05, 3.63) is 35.7 Å². The molecule has 2 N–H and O–H groups in total. The lowest BCUT2D eigenvalue weighted by molar-refractivity contribution is -0.120. The van der Waals surface area contributed by atoms with Gasteiger partial charge in [0, 0.05) is 13.0 Å². The second kappa shape index (κ2) is 8.57. The Morgan fingerprint density at radius 1 is 1.39 bits per heavy atom. The summed E-state index contributed by atoms with van der Waals surface area (Å²) in [6.45, 7) is 4.46. The predicted octanol–water partition coefficient (Wildman–Crippen LogP) is 2.22. The van der Waals surface area contributed by atoms with Gasteiger partial charge in [-0.25, -0.2) is 4.98 Å². The maximum absolute atomic E-state index is 12.1. The Kier molecular flexibility index (Phi) is 6.46. The third kappa shape index (κ3) is 5.28. The fourth-order valence-corrected chi connectivity index (χ4v) is 2.73. The number of thioether (sulfide) groups is 1. The fraction of sp³-hybridized carbons (Fsp3) is 0.438. The smallest absolute Gasteiger partial charge is 0.233 e. The van der Waals surface area contributed by atoms with Crippen LogP contribution in [0.25, 0.3) is 0 Å². The zero-order valence-electron chi connectivity index (χ0n) is 13.6. The molecule has 124 valence electrons. The number of rotatable bonds is 8. The monoisotopic (exact) mass is 334 g/mol. The lowest BCUT2D eigenvalue weighted by Crippen LogP contribution is -2.32. The number of methoxy groups -OCH3 is 1. The van der Waals surface area contributed by atoms with E-state index in [4.69, 9.17) is 4.74 Å². The highest BCUT2D eigenvalue weighted by Crippen LogP contribution is 2.19. The van der Waals surface area contributed by atoms with E-state index >= 15 is 0 Å². The first-order valence-electron chi connectivity index (χ1n) is 7.61. The Labute approximate surface area is 140 Å². The van der Waals surface area contributed by atoms with E-state index in [0.717, 1.165) is 30.0 Å². The second-order valence-electron chi connectivity index (χ2n) is 5.07. The average molecular weight is 334 g/mol. The highest BCUT2D eigenvalue weighted by atomic mass is 32.2. The van der Waals surface area contributed by atoms with E-state index < -0.39 is 0 Å². The van der Waals surface area contributed by atoms with Crippen LogP contribution in [0.5, 0.6) is 5.75 Å². The molecule has 0 saturated carbocycles. The Balaban J connectivity index is 1.74. The summed E-state index contributed by atoms with van der Waals surface area (Å²) in [7, 11) is 1.64. The molecular formula is C16H22N4O2S. The normalized spacial score (nSPS) is 12.0. The molecule has 7 heteroatoms. The quantitative estimate of drug-likeness (QED) is 0.724. The number of amides is 1. The van der Waals surface area contributed by atoms with Crippen molar-refractivity contribution in [3.63, 3.8) is 0 Å². The largest absolute Gasteiger partial charge is 0.497 e. The topological polar surface area (TPSA) is 79.9 Å². The molecule has 0 fully saturated rings. The van der Waals surface area contributed by atoms with Crippen molar-refractivity contribution in [2.24, 2.45) is 0 Å². The number of nitrogens with zero attached hydrogens (tertiary/aromatic N) is 2. The minimum absolute atomic E-state index is 0.00800. The van der Waals surface area contributed by atoms with Gasteiger partial charge in [0.2, 0.25) is 11.1 Å². The van der Waals surface area contributed by atoms with Gasteiger partial charge in [-0.2, -0.15) is 0 Å². The van der Waals surface area contributed by atoms with Gasteiger partial charge >= 0.3 is 0 Å². The summed E-state index contributed by atoms with van der Waals surface area (Å²) in [5, 5.41) is 10.3. The lowest BCUT2D eigenvalue weighted by Gasteiger charge is -2.10. The Morgan fingerprint density at radius 2 is 2.13 bits per heavy atom. The van der Waals surface area contributed by atoms with Crippen LogP contribution in [0.4, 0.5) is 0 Å². The molecular weight excluding hydrogens is 312 g/mol. The van der Waals surface area contributed by atoms with E-state index in [2.05, 4.69) is 20.5 Å². The zero-order chi connectivity index (χ0) is 16.7. The Hall–Kier alpha value is -2.02. The van der Waals surface area contributed by atoms with Gasteiger partial charge in [0.1, 0.15) is 11.6 Å². The first-order valence-corrected chi connectivity index (χ1v) is 8.49. The first kappa shape index (κ1) is 17.3. The number of H-pyrrole nitrogens is 1. The second-order valence-corrected chi connectivity index (χ2v) is 6.38. The molecule has 2 rings (SSSR count). The highest BCUT2D eigenvalue weighted by molar-refractivity contribution is 8.00. The molecule has 1 aromatic heterocycles. The van der Waals surface area contributed by atoms with Crippen molar-refractivity contribution >= 4 is 17.7 Å². The van der Waals surface area contributed by atoms with Crippen molar-refractivity contribution in [1.82, 2.24) is 20.5 Å². The number of benzene rings is 1. The molecule has 1 amide bonds. The molecule has 0 radical (unpaired) electrons. The molecule has 6 nitrogen and oxygen atoms in total. The maximum Gasteiger partial charge on any atom is 0.233 e. The summed E-state index contributed by atoms with van der Waals surface area (Å²) < 4.78 is 5.12. The van der Waals surface area contributed by atoms with Gasteiger partial charge in [-0.05, 0) is 31.0 Å². The number of ether oxygens (including phenoxy) is 1. The Morgan fingerprint density at radius 3 is 2.74 bits per heavy atom. The minimum atomic E-state index is -0.230. The van der Waals surface area contributed by atoms with E-state index in [9.17, 15) is 4.79 Å². The summed E-state index contributed by atoms with van der Waals surface area (Å²) in [5.41, 5.74) is 1.16. The van der Waals surface area contributed by atoms with Gasteiger partial charge in [-0.3, -0.25) is 9.89 Å². The fourth-order valence-electron chi connectivity index (χ4n) is 1.97. The number of hydrogen-bond donors (Lipinski definition) is 2. The predicted molar refractivity (Wildman–Crippen MR) is 90.8 cm³/mol. The van der Waals surface area contributed by atoms with E-state index in [1.54, 1.807) is 7.11 Å². The van der Waals surface area contributed by atoms with Gasteiger partial charge in [-0.1, -0.05) is 30.8 Å². The third-order valence-electron chi connectivity index (χ3n) is 3.37. The van der Waals surface area contributed by atoms with Gasteiger partial charge < -0.3 is 10.1 Å². The van der Waals surface area contributed by atoms with Crippen LogP contribution in [-0.4, -0.2) is 40.0 Å². The summed E-state index contributed by atoms with van der Waals surface area (Å²) in [5.74, 6) is 1.66. The molecule has 1 atom stereocenters. The number of carbonyl (C=O) groups is 1. The standard InChI is InChI=1S/C16H22N4O2S/c1-4-14-18-16(20-19-14)23-11(2)15(21)17-10-9-12-5-7-13(22-3)8-6-12/h5-8,11H,4,9-10H2,1-3H3,(H,17,21)(H,18,19,20). The van der Waals surface area contributed by atoms with Gasteiger partial charge in [0.15, 0.2) is 0 Å². The summed E-state index contributed by atoms with van der Waals surface area (Å²) in [6, 6.07) is 7.85. The van der Waals surface area contributed by atoms with E-state index in [0.29, 0.717) is 11.7 Å². The number of aromatic nitrogens is 3. The average Bonchev–Trinajstić information content (AvgIpc) is 3.03. The molecule has 0 saturated heterocycles. The van der Waals surface area contributed by atoms with Crippen molar-refractivity contribution in [3.8, 4) is 5.75 Å². The van der Waals surface area contributed by atoms with Crippen molar-refractivity contribution in [1.29, 1.82) is 0 Å². The first-order chi connectivity index (χ1) is 11.1. The van der Waals surface area contributed by atoms with Crippen molar-refractivity contribution in [2.45, 2.75) is 37.1 Å². The van der Waals surface area contributed by atoms with Crippen LogP contribution >= 0.6 is 11.8 Å². The lowest BCUT2D eigenvalue weighted by atomic mass is 10.1. The van der Waals surface area contributed by atoms with Crippen LogP contribution < -0.4 is 10.1 Å². The molecule has 0 aliphatic heterocycles. The molecule has 1 unspecified atom stereocenters. The Bertz CT molecular complexity index is 627. The van der Waals surface area contributed by atoms with E-state index in [1.165, 1.54) is 11.8 Å². The van der Waals surface area contributed by atoms with Crippen LogP contribution in [0.15, 0.2) is 29.4 Å². The van der Waals surface area contributed by atoms with Gasteiger partial charge in [-0.15, -0.1) is 5.10 Å². The maximum atomic E-state index is 12.1. The molecule has 0 spiro atoms. The molecule has 1 aromatic carbocycles. The molecule has 1 heterocycles. The zero-order valence-corrected chi connectivity index (χ0v) is 14.4. The summed E-state index contributed by atoms with van der Waals surface area (Å²) in [6.07, 6.45) is 1.59. The summed E-state index contributed by atoms with van der Waals surface area (Å²) >= 11 is 1.36. The van der Waals surface area contributed by atoms with Crippen molar-refractivity contribution in [2.75, 3.05) is 13.7 Å². The van der Waals surface area contributed by atoms with Crippen LogP contribution in [0.1, 0.15) is 25.2 Å². The highest BCUT2D eigenvalue weighted by Gasteiger charge is 2.16. The van der Waals surface area contributed by atoms with Crippen LogP contribution in [0.2, 0.25) is 0 Å². The van der Waals surface area contributed by atoms with Crippen LogP contribution in [0, 0.1) is 0 Å².